The van der Waals surface area contributed by atoms with Gasteiger partial charge in [-0.1, -0.05) is 64.0 Å². The third-order valence-electron chi connectivity index (χ3n) is 4.24. The van der Waals surface area contributed by atoms with Crippen molar-refractivity contribution >= 4 is 0 Å². The predicted octanol–water partition coefficient (Wildman–Crippen LogP) is 2.68. The minimum Gasteiger partial charge on any atom is -0.247 e. The van der Waals surface area contributed by atoms with Crippen LogP contribution < -0.4 is 17.1 Å². The van der Waals surface area contributed by atoms with Gasteiger partial charge in [-0.3, -0.25) is 0 Å². The third kappa shape index (κ3) is 6.03. The summed E-state index contributed by atoms with van der Waals surface area (Å²) in [6.45, 7) is 9.85. The molecule has 0 saturated heterocycles. The Balaban J connectivity index is 2.80. The summed E-state index contributed by atoms with van der Waals surface area (Å²) in [5.74, 6) is 0. The largest absolute Gasteiger partial charge is 0.336 e. The molecule has 140 valence electrons. The molecule has 0 amide bonds. The lowest BCUT2D eigenvalue weighted by Gasteiger charge is -2.12. The highest BCUT2D eigenvalue weighted by molar-refractivity contribution is 4.84. The Hall–Kier alpha value is -2.11. The van der Waals surface area contributed by atoms with E-state index < -0.39 is 17.1 Å². The SMILES string of the molecule is C=CCn1c(=O)n(CC=C)c(=O)n(CCCCCCCCCC)c1=O. The molecule has 1 heterocycles. The molecule has 0 atom stereocenters. The molecule has 6 heteroatoms. The zero-order valence-electron chi connectivity index (χ0n) is 15.4. The van der Waals surface area contributed by atoms with Gasteiger partial charge in [-0.25, -0.2) is 28.1 Å². The van der Waals surface area contributed by atoms with Gasteiger partial charge in [0.15, 0.2) is 0 Å². The van der Waals surface area contributed by atoms with Gasteiger partial charge >= 0.3 is 17.1 Å². The first kappa shape index (κ1) is 20.9. The molecule has 0 N–H and O–H groups in total. The minimum atomic E-state index is -0.609. The zero-order valence-corrected chi connectivity index (χ0v) is 15.4. The summed E-state index contributed by atoms with van der Waals surface area (Å²) in [7, 11) is 0. The highest BCUT2D eigenvalue weighted by Crippen LogP contribution is 2.08. The van der Waals surface area contributed by atoms with E-state index in [9.17, 15) is 14.4 Å². The maximum atomic E-state index is 12.4. The predicted molar refractivity (Wildman–Crippen MR) is 102 cm³/mol. The van der Waals surface area contributed by atoms with E-state index in [0.29, 0.717) is 6.54 Å². The molecule has 1 rings (SSSR count). The van der Waals surface area contributed by atoms with Gasteiger partial charge in [-0.05, 0) is 6.42 Å². The van der Waals surface area contributed by atoms with E-state index in [1.54, 1.807) is 0 Å². The van der Waals surface area contributed by atoms with Gasteiger partial charge in [-0.2, -0.15) is 0 Å². The Morgan fingerprint density at radius 2 is 1.08 bits per heavy atom. The van der Waals surface area contributed by atoms with Crippen LogP contribution in [0.3, 0.4) is 0 Å². The minimum absolute atomic E-state index is 0.0898. The fourth-order valence-electron chi connectivity index (χ4n) is 2.85. The molecule has 0 fully saturated rings. The number of hydrogen-bond acceptors (Lipinski definition) is 3. The molecule has 1 aromatic heterocycles. The summed E-state index contributed by atoms with van der Waals surface area (Å²) in [6.07, 6.45) is 12.0. The normalized spacial score (nSPS) is 10.8. The van der Waals surface area contributed by atoms with Crippen molar-refractivity contribution in [1.82, 2.24) is 13.7 Å². The van der Waals surface area contributed by atoms with Crippen LogP contribution in [0.5, 0.6) is 0 Å². The number of aromatic nitrogens is 3. The smallest absolute Gasteiger partial charge is 0.247 e. The molecule has 0 spiro atoms. The quantitative estimate of drug-likeness (QED) is 0.406. The van der Waals surface area contributed by atoms with Crippen molar-refractivity contribution in [2.24, 2.45) is 0 Å². The average molecular weight is 349 g/mol. The first-order chi connectivity index (χ1) is 12.1. The van der Waals surface area contributed by atoms with E-state index in [4.69, 9.17) is 0 Å². The molecule has 0 aliphatic heterocycles. The number of allylic oxidation sites excluding steroid dienone is 2. The van der Waals surface area contributed by atoms with Crippen molar-refractivity contribution in [3.63, 3.8) is 0 Å². The summed E-state index contributed by atoms with van der Waals surface area (Å²) in [6, 6.07) is 0. The van der Waals surface area contributed by atoms with E-state index in [1.807, 2.05) is 0 Å². The van der Waals surface area contributed by atoms with E-state index in [1.165, 1.54) is 44.3 Å². The molecule has 25 heavy (non-hydrogen) atoms. The van der Waals surface area contributed by atoms with Crippen LogP contribution in [-0.4, -0.2) is 13.7 Å². The molecule has 1 aromatic rings. The molecule has 0 aliphatic carbocycles. The van der Waals surface area contributed by atoms with Crippen molar-refractivity contribution in [1.29, 1.82) is 0 Å². The van der Waals surface area contributed by atoms with Gasteiger partial charge in [0.25, 0.3) is 0 Å². The summed E-state index contributed by atoms with van der Waals surface area (Å²) in [4.78, 5) is 37.1. The molecule has 0 radical (unpaired) electrons. The number of nitrogens with zero attached hydrogens (tertiary/aromatic N) is 3. The molecular formula is C19H31N3O3. The fourth-order valence-corrected chi connectivity index (χ4v) is 2.85. The first-order valence-corrected chi connectivity index (χ1v) is 9.24. The van der Waals surface area contributed by atoms with Gasteiger partial charge in [0.2, 0.25) is 0 Å². The molecule has 0 aromatic carbocycles. The average Bonchev–Trinajstić information content (AvgIpc) is 2.60. The Morgan fingerprint density at radius 1 is 0.680 bits per heavy atom. The molecule has 0 bridgehead atoms. The molecule has 0 aliphatic rings. The van der Waals surface area contributed by atoms with Crippen LogP contribution >= 0.6 is 0 Å². The van der Waals surface area contributed by atoms with Crippen LogP contribution in [-0.2, 0) is 19.6 Å². The van der Waals surface area contributed by atoms with Crippen LogP contribution in [0, 0.1) is 0 Å². The second-order valence-electron chi connectivity index (χ2n) is 6.27. The Morgan fingerprint density at radius 3 is 1.52 bits per heavy atom. The van der Waals surface area contributed by atoms with Crippen molar-refractivity contribution in [3.8, 4) is 0 Å². The third-order valence-corrected chi connectivity index (χ3v) is 4.24. The van der Waals surface area contributed by atoms with Crippen molar-refractivity contribution < 1.29 is 0 Å². The van der Waals surface area contributed by atoms with Crippen LogP contribution in [0.25, 0.3) is 0 Å². The lowest BCUT2D eigenvalue weighted by molar-refractivity contribution is 0.456. The van der Waals surface area contributed by atoms with E-state index in [-0.39, 0.29) is 13.1 Å². The van der Waals surface area contributed by atoms with Crippen molar-refractivity contribution in [3.05, 3.63) is 56.8 Å². The zero-order chi connectivity index (χ0) is 18.7. The van der Waals surface area contributed by atoms with Crippen molar-refractivity contribution in [2.45, 2.75) is 77.9 Å². The van der Waals surface area contributed by atoms with E-state index in [0.717, 1.165) is 33.0 Å². The lowest BCUT2D eigenvalue weighted by atomic mass is 10.1. The number of rotatable bonds is 13. The Labute approximate surface area is 149 Å². The molecule has 0 saturated carbocycles. The van der Waals surface area contributed by atoms with Crippen LogP contribution in [0.2, 0.25) is 0 Å². The Bertz CT molecular complexity index is 677. The molecular weight excluding hydrogens is 318 g/mol. The van der Waals surface area contributed by atoms with Gasteiger partial charge < -0.3 is 0 Å². The maximum absolute atomic E-state index is 12.4. The van der Waals surface area contributed by atoms with E-state index >= 15 is 0 Å². The maximum Gasteiger partial charge on any atom is 0.336 e. The summed E-state index contributed by atoms with van der Waals surface area (Å²) in [5, 5.41) is 0. The first-order valence-electron chi connectivity index (χ1n) is 9.24. The number of unbranched alkanes of at least 4 members (excludes halogenated alkanes) is 7. The summed E-state index contributed by atoms with van der Waals surface area (Å²) < 4.78 is 3.25. The monoisotopic (exact) mass is 349 g/mol. The lowest BCUT2D eigenvalue weighted by Crippen LogP contribution is -2.54. The summed E-state index contributed by atoms with van der Waals surface area (Å²) >= 11 is 0. The standard InChI is InChI=1S/C19H31N3O3/c1-4-7-8-9-10-11-12-13-16-22-18(24)20(14-5-2)17(23)21(15-6-3)19(22)25/h5-6H,2-4,7-16H2,1H3. The highest BCUT2D eigenvalue weighted by Gasteiger charge is 2.13. The second kappa shape index (κ2) is 11.4. The van der Waals surface area contributed by atoms with Crippen LogP contribution in [0.4, 0.5) is 0 Å². The van der Waals surface area contributed by atoms with Gasteiger partial charge in [0.05, 0.1) is 13.1 Å². The topological polar surface area (TPSA) is 66.0 Å². The Kier molecular flexibility index (Phi) is 9.58. The highest BCUT2D eigenvalue weighted by atomic mass is 16.2. The van der Waals surface area contributed by atoms with Gasteiger partial charge in [0.1, 0.15) is 0 Å². The van der Waals surface area contributed by atoms with Gasteiger partial charge in [-0.15, -0.1) is 13.2 Å². The summed E-state index contributed by atoms with van der Waals surface area (Å²) in [5.41, 5.74) is -1.72. The van der Waals surface area contributed by atoms with Gasteiger partial charge in [0, 0.05) is 6.54 Å². The fraction of sp³-hybridized carbons (Fsp3) is 0.632. The van der Waals surface area contributed by atoms with Crippen molar-refractivity contribution in [2.75, 3.05) is 0 Å². The van der Waals surface area contributed by atoms with Crippen LogP contribution in [0.1, 0.15) is 58.3 Å². The molecule has 6 nitrogen and oxygen atoms in total. The van der Waals surface area contributed by atoms with Crippen LogP contribution in [0.15, 0.2) is 39.7 Å². The molecule has 0 unspecified atom stereocenters. The number of hydrogen-bond donors (Lipinski definition) is 0. The second-order valence-corrected chi connectivity index (χ2v) is 6.27. The van der Waals surface area contributed by atoms with E-state index in [2.05, 4.69) is 20.1 Å².